The van der Waals surface area contributed by atoms with Crippen molar-refractivity contribution in [2.75, 3.05) is 4.90 Å². The highest BCUT2D eigenvalue weighted by molar-refractivity contribution is 5.93. The molecule has 11 aromatic carbocycles. The number of anilines is 3. The van der Waals surface area contributed by atoms with Gasteiger partial charge in [-0.3, -0.25) is 0 Å². The molecule has 0 heterocycles. The maximum atomic E-state index is 2.46. The van der Waals surface area contributed by atoms with E-state index >= 15 is 0 Å². The van der Waals surface area contributed by atoms with Crippen molar-refractivity contribution < 1.29 is 0 Å². The first-order valence-electron chi connectivity index (χ1n) is 22.8. The van der Waals surface area contributed by atoms with E-state index in [-0.39, 0.29) is 0 Å². The minimum atomic E-state index is -0.515. The number of hydrogen-bond acceptors (Lipinski definition) is 1. The van der Waals surface area contributed by atoms with Crippen LogP contribution in [0, 0.1) is 0 Å². The second kappa shape index (κ2) is 16.6. The third kappa shape index (κ3) is 6.73. The Bertz CT molecular complexity index is 3480. The first-order valence-corrected chi connectivity index (χ1v) is 22.8. The summed E-state index contributed by atoms with van der Waals surface area (Å²) >= 11 is 0. The summed E-state index contributed by atoms with van der Waals surface area (Å²) in [4.78, 5) is 2.45. The zero-order valence-electron chi connectivity index (χ0n) is 36.4. The number of nitrogens with zero attached hydrogens (tertiary/aromatic N) is 1. The van der Waals surface area contributed by atoms with E-state index in [0.29, 0.717) is 0 Å². The Hall–Kier alpha value is -8.52. The quantitative estimate of drug-likeness (QED) is 0.140. The van der Waals surface area contributed by atoms with Crippen LogP contribution in [-0.2, 0) is 5.41 Å². The summed E-state index contributed by atoms with van der Waals surface area (Å²) in [6, 6.07) is 100. The van der Waals surface area contributed by atoms with E-state index in [4.69, 9.17) is 0 Å². The molecule has 0 spiro atoms. The van der Waals surface area contributed by atoms with Crippen LogP contribution >= 0.6 is 0 Å². The fourth-order valence-corrected chi connectivity index (χ4v) is 10.5. The lowest BCUT2D eigenvalue weighted by Gasteiger charge is -2.35. The van der Waals surface area contributed by atoms with Gasteiger partial charge in [-0.15, -0.1) is 0 Å². The zero-order chi connectivity index (χ0) is 43.9. The summed E-state index contributed by atoms with van der Waals surface area (Å²) in [5, 5.41) is 2.51. The van der Waals surface area contributed by atoms with Crippen LogP contribution in [0.4, 0.5) is 17.1 Å². The van der Waals surface area contributed by atoms with Gasteiger partial charge in [0, 0.05) is 16.9 Å². The largest absolute Gasteiger partial charge is 0.310 e. The van der Waals surface area contributed by atoms with Gasteiger partial charge in [0.1, 0.15) is 0 Å². The Morgan fingerprint density at radius 2 is 0.712 bits per heavy atom. The standard InChI is InChI=1S/C65H45N/c1-4-19-48(20-5-1)59-30-13-15-33-64(59)66(58-40-41-61-60-31-12-14-32-62(60)65(63(61)45-58,55-26-6-2-7-27-55)56-28-8-3-9-29-56)57-38-36-47(37-39-57)50-22-16-23-51(42-50)52-24-17-25-53(44-52)54-35-34-46-18-10-11-21-49(46)43-54/h1-45H. The van der Waals surface area contributed by atoms with Gasteiger partial charge >= 0.3 is 0 Å². The molecule has 12 rings (SSSR count). The van der Waals surface area contributed by atoms with Gasteiger partial charge in [0.2, 0.25) is 0 Å². The van der Waals surface area contributed by atoms with Crippen LogP contribution < -0.4 is 4.90 Å². The zero-order valence-corrected chi connectivity index (χ0v) is 36.4. The summed E-state index contributed by atoms with van der Waals surface area (Å²) in [6.07, 6.45) is 0. The molecule has 0 aromatic heterocycles. The normalized spacial score (nSPS) is 12.4. The van der Waals surface area contributed by atoms with Crippen molar-refractivity contribution in [3.8, 4) is 55.6 Å². The molecular formula is C65H45N. The fourth-order valence-electron chi connectivity index (χ4n) is 10.5. The molecule has 0 radical (unpaired) electrons. The maximum absolute atomic E-state index is 2.46. The Kier molecular flexibility index (Phi) is 9.81. The smallest absolute Gasteiger partial charge is 0.0714 e. The predicted octanol–water partition coefficient (Wildman–Crippen LogP) is 17.3. The minimum Gasteiger partial charge on any atom is -0.310 e. The van der Waals surface area contributed by atoms with E-state index in [1.165, 1.54) is 88.7 Å². The van der Waals surface area contributed by atoms with E-state index in [1.54, 1.807) is 0 Å². The van der Waals surface area contributed by atoms with Crippen molar-refractivity contribution in [2.24, 2.45) is 0 Å². The molecule has 0 bridgehead atoms. The van der Waals surface area contributed by atoms with E-state index in [0.717, 1.165) is 17.1 Å². The lowest BCUT2D eigenvalue weighted by molar-refractivity contribution is 0.768. The van der Waals surface area contributed by atoms with Gasteiger partial charge in [-0.25, -0.2) is 0 Å². The van der Waals surface area contributed by atoms with Crippen molar-refractivity contribution in [3.05, 3.63) is 295 Å². The third-order valence-corrected chi connectivity index (χ3v) is 13.5. The van der Waals surface area contributed by atoms with E-state index < -0.39 is 5.41 Å². The predicted molar refractivity (Wildman–Crippen MR) is 278 cm³/mol. The van der Waals surface area contributed by atoms with Crippen LogP contribution in [0.15, 0.2) is 273 Å². The molecule has 66 heavy (non-hydrogen) atoms. The van der Waals surface area contributed by atoms with Crippen molar-refractivity contribution >= 4 is 27.8 Å². The summed E-state index contributed by atoms with van der Waals surface area (Å²) in [6.45, 7) is 0. The van der Waals surface area contributed by atoms with Gasteiger partial charge in [-0.2, -0.15) is 0 Å². The van der Waals surface area contributed by atoms with Gasteiger partial charge in [0.05, 0.1) is 11.1 Å². The molecule has 1 heteroatoms. The lowest BCUT2D eigenvalue weighted by Crippen LogP contribution is -2.28. The van der Waals surface area contributed by atoms with Gasteiger partial charge < -0.3 is 4.90 Å². The Labute approximate surface area is 387 Å². The highest BCUT2D eigenvalue weighted by atomic mass is 15.1. The van der Waals surface area contributed by atoms with Crippen molar-refractivity contribution in [1.82, 2.24) is 0 Å². The molecule has 0 atom stereocenters. The topological polar surface area (TPSA) is 3.24 Å². The third-order valence-electron chi connectivity index (χ3n) is 13.5. The fraction of sp³-hybridized carbons (Fsp3) is 0.0154. The molecular weight excluding hydrogens is 795 g/mol. The van der Waals surface area contributed by atoms with Crippen molar-refractivity contribution in [1.29, 1.82) is 0 Å². The summed E-state index contributed by atoms with van der Waals surface area (Å²) < 4.78 is 0. The molecule has 11 aromatic rings. The lowest BCUT2D eigenvalue weighted by atomic mass is 9.67. The molecule has 310 valence electrons. The van der Waals surface area contributed by atoms with Crippen LogP contribution in [-0.4, -0.2) is 0 Å². The molecule has 0 aliphatic heterocycles. The Balaban J connectivity index is 0.980. The highest BCUT2D eigenvalue weighted by Crippen LogP contribution is 2.57. The summed E-state index contributed by atoms with van der Waals surface area (Å²) in [5.74, 6) is 0. The van der Waals surface area contributed by atoms with Crippen LogP contribution in [0.5, 0.6) is 0 Å². The van der Waals surface area contributed by atoms with Crippen LogP contribution in [0.25, 0.3) is 66.4 Å². The van der Waals surface area contributed by atoms with Gasteiger partial charge in [0.25, 0.3) is 0 Å². The van der Waals surface area contributed by atoms with E-state index in [2.05, 4.69) is 278 Å². The molecule has 0 amide bonds. The number of fused-ring (bicyclic) bond motifs is 4. The first kappa shape index (κ1) is 39.1. The molecule has 1 aliphatic rings. The average Bonchev–Trinajstić information content (AvgIpc) is 3.70. The second-order valence-electron chi connectivity index (χ2n) is 17.2. The Morgan fingerprint density at radius 1 is 0.242 bits per heavy atom. The average molecular weight is 840 g/mol. The van der Waals surface area contributed by atoms with E-state index in [1.807, 2.05) is 0 Å². The maximum Gasteiger partial charge on any atom is 0.0714 e. The monoisotopic (exact) mass is 839 g/mol. The molecule has 1 aliphatic carbocycles. The molecule has 0 unspecified atom stereocenters. The number of para-hydroxylation sites is 1. The number of hydrogen-bond donors (Lipinski definition) is 0. The second-order valence-corrected chi connectivity index (χ2v) is 17.2. The van der Waals surface area contributed by atoms with Crippen LogP contribution in [0.2, 0.25) is 0 Å². The number of benzene rings is 11. The Morgan fingerprint density at radius 3 is 1.38 bits per heavy atom. The molecule has 0 saturated heterocycles. The van der Waals surface area contributed by atoms with Gasteiger partial charge in [0.15, 0.2) is 0 Å². The van der Waals surface area contributed by atoms with Crippen LogP contribution in [0.3, 0.4) is 0 Å². The highest BCUT2D eigenvalue weighted by Gasteiger charge is 2.46. The molecule has 0 saturated carbocycles. The molecule has 1 nitrogen and oxygen atoms in total. The van der Waals surface area contributed by atoms with E-state index in [9.17, 15) is 0 Å². The van der Waals surface area contributed by atoms with Gasteiger partial charge in [-0.1, -0.05) is 224 Å². The van der Waals surface area contributed by atoms with Crippen LogP contribution in [0.1, 0.15) is 22.3 Å². The summed E-state index contributed by atoms with van der Waals surface area (Å²) in [5.41, 5.74) is 19.9. The first-order chi connectivity index (χ1) is 32.7. The van der Waals surface area contributed by atoms with Gasteiger partial charge in [-0.05, 0) is 132 Å². The molecule has 0 fully saturated rings. The molecule has 0 N–H and O–H groups in total. The SMILES string of the molecule is c1ccc(-c2ccccc2N(c2ccc(-c3cccc(-c4cccc(-c5ccc6ccccc6c5)c4)c3)cc2)c2ccc3c(c2)C(c2ccccc2)(c2ccccc2)c2ccccc2-3)cc1. The number of rotatable bonds is 9. The van der Waals surface area contributed by atoms with Crippen molar-refractivity contribution in [2.45, 2.75) is 5.41 Å². The van der Waals surface area contributed by atoms with Crippen molar-refractivity contribution in [3.63, 3.8) is 0 Å². The minimum absolute atomic E-state index is 0.515. The summed E-state index contributed by atoms with van der Waals surface area (Å²) in [7, 11) is 0.